The summed E-state index contributed by atoms with van der Waals surface area (Å²) in [5.74, 6) is -1.58. The van der Waals surface area contributed by atoms with Gasteiger partial charge < -0.3 is 15.0 Å². The summed E-state index contributed by atoms with van der Waals surface area (Å²) in [4.78, 5) is 29.3. The molecule has 0 saturated heterocycles. The molecule has 1 aromatic carbocycles. The molecule has 0 aliphatic carbocycles. The summed E-state index contributed by atoms with van der Waals surface area (Å²) in [7, 11) is 0. The number of anilines is 1. The first-order chi connectivity index (χ1) is 13.9. The molecule has 29 heavy (non-hydrogen) atoms. The Morgan fingerprint density at radius 3 is 2.55 bits per heavy atom. The number of aromatic hydroxyl groups is 1. The van der Waals surface area contributed by atoms with Crippen LogP contribution in [0.3, 0.4) is 0 Å². The highest BCUT2D eigenvalue weighted by Gasteiger charge is 2.23. The third-order valence-corrected chi connectivity index (χ3v) is 5.23. The molecule has 0 bridgehead atoms. The van der Waals surface area contributed by atoms with Gasteiger partial charge in [-0.15, -0.1) is 0 Å². The summed E-state index contributed by atoms with van der Waals surface area (Å²) >= 11 is 12.0. The molecule has 8 heteroatoms. The lowest BCUT2D eigenvalue weighted by molar-refractivity contribution is -0.112. The highest BCUT2D eigenvalue weighted by molar-refractivity contribution is 6.50. The first-order valence-corrected chi connectivity index (χ1v) is 10.1. The standard InChI is InChI=1S/C21H21Cl2N3O3/c1-2-3-4-5-8-26-12-15(14-9-13(27)6-7-18(14)26)20(28)21(29)25-19-16(22)10-24-11-17(19)23/h6-7,9-12,27H,2-5,8H2,1H3,(H,24,25,29). The maximum Gasteiger partial charge on any atom is 0.296 e. The monoisotopic (exact) mass is 433 g/mol. The van der Waals surface area contributed by atoms with Crippen LogP contribution in [0.25, 0.3) is 10.9 Å². The molecule has 0 atom stereocenters. The summed E-state index contributed by atoms with van der Waals surface area (Å²) in [6.07, 6.45) is 8.62. The van der Waals surface area contributed by atoms with E-state index >= 15 is 0 Å². The van der Waals surface area contributed by atoms with E-state index in [2.05, 4.69) is 17.2 Å². The summed E-state index contributed by atoms with van der Waals surface area (Å²) in [6, 6.07) is 4.80. The summed E-state index contributed by atoms with van der Waals surface area (Å²) in [5.41, 5.74) is 1.13. The zero-order valence-corrected chi connectivity index (χ0v) is 17.4. The minimum absolute atomic E-state index is 0.0240. The largest absolute Gasteiger partial charge is 0.508 e. The lowest BCUT2D eigenvalue weighted by Gasteiger charge is -2.07. The van der Waals surface area contributed by atoms with Crippen LogP contribution in [0, 0.1) is 0 Å². The fourth-order valence-electron chi connectivity index (χ4n) is 3.18. The molecule has 0 unspecified atom stereocenters. The van der Waals surface area contributed by atoms with Gasteiger partial charge in [-0.05, 0) is 24.6 Å². The lowest BCUT2D eigenvalue weighted by Crippen LogP contribution is -2.23. The van der Waals surface area contributed by atoms with Gasteiger partial charge in [0, 0.05) is 36.0 Å². The SMILES string of the molecule is CCCCCCn1cc(C(=O)C(=O)Nc2c(Cl)cncc2Cl)c2cc(O)ccc21. The third-order valence-electron chi connectivity index (χ3n) is 4.66. The van der Waals surface area contributed by atoms with Gasteiger partial charge in [0.05, 0.1) is 21.3 Å². The van der Waals surface area contributed by atoms with Gasteiger partial charge in [-0.3, -0.25) is 14.6 Å². The number of rotatable bonds is 8. The van der Waals surface area contributed by atoms with Crippen molar-refractivity contribution in [2.24, 2.45) is 0 Å². The lowest BCUT2D eigenvalue weighted by atomic mass is 10.1. The molecule has 152 valence electrons. The number of carbonyl (C=O) groups is 2. The Kier molecular flexibility index (Phi) is 6.77. The number of hydrogen-bond donors (Lipinski definition) is 2. The van der Waals surface area contributed by atoms with E-state index in [1.165, 1.54) is 18.5 Å². The minimum Gasteiger partial charge on any atom is -0.508 e. The van der Waals surface area contributed by atoms with Gasteiger partial charge in [0.25, 0.3) is 11.7 Å². The van der Waals surface area contributed by atoms with Crippen LogP contribution < -0.4 is 5.32 Å². The van der Waals surface area contributed by atoms with E-state index in [1.54, 1.807) is 18.3 Å². The molecule has 1 amide bonds. The highest BCUT2D eigenvalue weighted by atomic mass is 35.5. The molecule has 0 fully saturated rings. The van der Waals surface area contributed by atoms with Gasteiger partial charge in [0.1, 0.15) is 5.75 Å². The van der Waals surface area contributed by atoms with Crippen molar-refractivity contribution in [1.82, 2.24) is 9.55 Å². The Morgan fingerprint density at radius 2 is 1.86 bits per heavy atom. The van der Waals surface area contributed by atoms with Gasteiger partial charge >= 0.3 is 0 Å². The molecule has 2 aromatic heterocycles. The van der Waals surface area contributed by atoms with E-state index in [9.17, 15) is 14.7 Å². The van der Waals surface area contributed by atoms with Crippen LogP contribution in [0.15, 0.2) is 36.8 Å². The van der Waals surface area contributed by atoms with E-state index in [1.807, 2.05) is 4.57 Å². The number of unbranched alkanes of at least 4 members (excludes halogenated alkanes) is 3. The summed E-state index contributed by atoms with van der Waals surface area (Å²) in [5, 5.41) is 13.1. The zero-order valence-electron chi connectivity index (χ0n) is 15.9. The number of ketones is 1. The van der Waals surface area contributed by atoms with E-state index in [0.717, 1.165) is 37.7 Å². The van der Waals surface area contributed by atoms with Crippen LogP contribution in [0.1, 0.15) is 43.0 Å². The molecule has 2 heterocycles. The molecule has 0 radical (unpaired) electrons. The van der Waals surface area contributed by atoms with Crippen molar-refractivity contribution in [3.8, 4) is 5.75 Å². The Bertz CT molecular complexity index is 1040. The van der Waals surface area contributed by atoms with Crippen LogP contribution in [-0.4, -0.2) is 26.3 Å². The maximum atomic E-state index is 12.9. The van der Waals surface area contributed by atoms with Gasteiger partial charge in [-0.2, -0.15) is 0 Å². The molecule has 2 N–H and O–H groups in total. The Balaban J connectivity index is 1.90. The number of pyridine rings is 1. The first-order valence-electron chi connectivity index (χ1n) is 9.39. The number of hydrogen-bond acceptors (Lipinski definition) is 4. The van der Waals surface area contributed by atoms with Crippen molar-refractivity contribution in [3.05, 3.63) is 52.4 Å². The van der Waals surface area contributed by atoms with Gasteiger partial charge in [0.2, 0.25) is 0 Å². The number of phenols is 1. The van der Waals surface area contributed by atoms with E-state index in [4.69, 9.17) is 23.2 Å². The maximum absolute atomic E-state index is 12.9. The summed E-state index contributed by atoms with van der Waals surface area (Å²) in [6.45, 7) is 2.86. The second-order valence-corrected chi connectivity index (χ2v) is 7.57. The molecule has 0 saturated carbocycles. The number of aromatic nitrogens is 2. The van der Waals surface area contributed by atoms with Crippen molar-refractivity contribution in [1.29, 1.82) is 0 Å². The predicted octanol–water partition coefficient (Wildman–Crippen LogP) is 5.45. The van der Waals surface area contributed by atoms with E-state index < -0.39 is 11.7 Å². The smallest absolute Gasteiger partial charge is 0.296 e. The van der Waals surface area contributed by atoms with Gasteiger partial charge in [0.15, 0.2) is 0 Å². The molecular formula is C21H21Cl2N3O3. The number of fused-ring (bicyclic) bond motifs is 1. The van der Waals surface area contributed by atoms with Crippen molar-refractivity contribution in [2.45, 2.75) is 39.2 Å². The number of carbonyl (C=O) groups excluding carboxylic acids is 2. The van der Waals surface area contributed by atoms with Crippen LogP contribution in [0.5, 0.6) is 5.75 Å². The van der Waals surface area contributed by atoms with E-state index in [-0.39, 0.29) is 27.0 Å². The fourth-order valence-corrected chi connectivity index (χ4v) is 3.64. The Labute approximate surface area is 178 Å². The topological polar surface area (TPSA) is 84.2 Å². The van der Waals surface area contributed by atoms with Crippen molar-refractivity contribution in [3.63, 3.8) is 0 Å². The number of amides is 1. The Morgan fingerprint density at radius 1 is 1.14 bits per heavy atom. The summed E-state index contributed by atoms with van der Waals surface area (Å²) < 4.78 is 1.94. The van der Waals surface area contributed by atoms with Gasteiger partial charge in [-0.25, -0.2) is 0 Å². The first kappa shape index (κ1) is 21.1. The van der Waals surface area contributed by atoms with Crippen LogP contribution in [-0.2, 0) is 11.3 Å². The molecule has 3 aromatic rings. The quantitative estimate of drug-likeness (QED) is 0.281. The van der Waals surface area contributed by atoms with E-state index in [0.29, 0.717) is 5.39 Å². The zero-order chi connectivity index (χ0) is 21.0. The Hall–Kier alpha value is -2.57. The predicted molar refractivity (Wildman–Crippen MR) is 115 cm³/mol. The number of phenolic OH excluding ortho intramolecular Hbond substituents is 1. The average Bonchev–Trinajstić information content (AvgIpc) is 3.05. The number of aryl methyl sites for hydroxylation is 1. The normalized spacial score (nSPS) is 11.0. The molecule has 0 aliphatic heterocycles. The number of nitrogens with zero attached hydrogens (tertiary/aromatic N) is 2. The van der Waals surface area contributed by atoms with Crippen LogP contribution in [0.2, 0.25) is 10.0 Å². The molecular weight excluding hydrogens is 413 g/mol. The third kappa shape index (κ3) is 4.71. The fraction of sp³-hybridized carbons (Fsp3) is 0.286. The van der Waals surface area contributed by atoms with Crippen molar-refractivity contribution in [2.75, 3.05) is 5.32 Å². The average molecular weight is 434 g/mol. The van der Waals surface area contributed by atoms with Crippen LogP contribution in [0.4, 0.5) is 5.69 Å². The number of nitrogens with one attached hydrogen (secondary N) is 1. The number of benzene rings is 1. The molecule has 0 spiro atoms. The molecule has 6 nitrogen and oxygen atoms in total. The number of Topliss-reactive ketones (excluding diaryl/α,β-unsaturated/α-hetero) is 1. The van der Waals surface area contributed by atoms with Crippen molar-refractivity contribution < 1.29 is 14.7 Å². The van der Waals surface area contributed by atoms with Gasteiger partial charge in [-0.1, -0.05) is 49.4 Å². The highest BCUT2D eigenvalue weighted by Crippen LogP contribution is 2.30. The second kappa shape index (κ2) is 9.29. The minimum atomic E-state index is -0.867. The molecule has 0 aliphatic rings. The second-order valence-electron chi connectivity index (χ2n) is 6.76. The number of halogens is 2. The van der Waals surface area contributed by atoms with Crippen LogP contribution >= 0.6 is 23.2 Å². The van der Waals surface area contributed by atoms with Crippen molar-refractivity contribution >= 4 is 51.5 Å². The molecule has 3 rings (SSSR count).